The van der Waals surface area contributed by atoms with Gasteiger partial charge in [-0.05, 0) is 13.0 Å². The van der Waals surface area contributed by atoms with Gasteiger partial charge >= 0.3 is 5.97 Å². The summed E-state index contributed by atoms with van der Waals surface area (Å²) in [6.07, 6.45) is 1.26. The topological polar surface area (TPSA) is 55.8 Å². The van der Waals surface area contributed by atoms with E-state index in [-0.39, 0.29) is 12.5 Å². The average Bonchev–Trinajstić information content (AvgIpc) is 2.63. The van der Waals surface area contributed by atoms with Gasteiger partial charge in [-0.1, -0.05) is 18.2 Å². The van der Waals surface area contributed by atoms with E-state index in [0.717, 1.165) is 5.06 Å². The zero-order valence-electron chi connectivity index (χ0n) is 10.2. The van der Waals surface area contributed by atoms with E-state index in [1.165, 1.54) is 13.2 Å². The third-order valence-corrected chi connectivity index (χ3v) is 2.56. The predicted octanol–water partition coefficient (Wildman–Crippen LogP) is 1.61. The number of carbonyl (C=O) groups is 2. The number of carbonyl (C=O) groups excluding carboxylic acids is 2. The predicted molar refractivity (Wildman–Crippen MR) is 64.2 cm³/mol. The highest BCUT2D eigenvalue weighted by molar-refractivity contribution is 6.10. The Labute approximate surface area is 105 Å². The molecule has 2 rings (SSSR count). The van der Waals surface area contributed by atoms with E-state index < -0.39 is 5.97 Å². The van der Waals surface area contributed by atoms with E-state index in [0.29, 0.717) is 16.8 Å². The van der Waals surface area contributed by atoms with Crippen molar-refractivity contribution in [1.29, 1.82) is 0 Å². The molecule has 0 radical (unpaired) electrons. The van der Waals surface area contributed by atoms with Gasteiger partial charge in [0.2, 0.25) is 0 Å². The molecule has 5 heteroatoms. The van der Waals surface area contributed by atoms with Gasteiger partial charge in [-0.25, -0.2) is 4.79 Å². The molecule has 1 aromatic carbocycles. The second kappa shape index (κ2) is 5.01. The molecule has 0 saturated carbocycles. The summed E-state index contributed by atoms with van der Waals surface area (Å²) < 4.78 is 4.84. The first-order chi connectivity index (χ1) is 8.69. The van der Waals surface area contributed by atoms with Gasteiger partial charge in [0.05, 0.1) is 31.1 Å². The SMILES string of the molecule is CCOC(=O)/C=C1\c2ccccc2C(=O)N1OC. The largest absolute Gasteiger partial charge is 0.463 e. The molecule has 0 N–H and O–H groups in total. The van der Waals surface area contributed by atoms with E-state index in [9.17, 15) is 9.59 Å². The second-order valence-corrected chi connectivity index (χ2v) is 3.61. The Balaban J connectivity index is 2.45. The highest BCUT2D eigenvalue weighted by Crippen LogP contribution is 2.32. The zero-order valence-corrected chi connectivity index (χ0v) is 10.2. The van der Waals surface area contributed by atoms with Crippen molar-refractivity contribution in [3.05, 3.63) is 41.5 Å². The van der Waals surface area contributed by atoms with Crippen molar-refractivity contribution in [2.24, 2.45) is 0 Å². The number of hydrogen-bond donors (Lipinski definition) is 0. The van der Waals surface area contributed by atoms with Crippen molar-refractivity contribution in [3.63, 3.8) is 0 Å². The summed E-state index contributed by atoms with van der Waals surface area (Å²) in [4.78, 5) is 28.5. The molecule has 1 heterocycles. The van der Waals surface area contributed by atoms with Crippen molar-refractivity contribution in [1.82, 2.24) is 5.06 Å². The molecule has 0 aromatic heterocycles. The van der Waals surface area contributed by atoms with Crippen LogP contribution in [-0.4, -0.2) is 30.7 Å². The summed E-state index contributed by atoms with van der Waals surface area (Å²) in [6, 6.07) is 7.01. The highest BCUT2D eigenvalue weighted by atomic mass is 16.7. The van der Waals surface area contributed by atoms with Crippen LogP contribution in [0, 0.1) is 0 Å². The summed E-state index contributed by atoms with van der Waals surface area (Å²) >= 11 is 0. The van der Waals surface area contributed by atoms with Crippen LogP contribution in [0.4, 0.5) is 0 Å². The Bertz CT molecular complexity index is 521. The second-order valence-electron chi connectivity index (χ2n) is 3.61. The number of hydrogen-bond acceptors (Lipinski definition) is 4. The summed E-state index contributed by atoms with van der Waals surface area (Å²) in [5.74, 6) is -0.789. The number of nitrogens with zero attached hydrogens (tertiary/aromatic N) is 1. The molecule has 18 heavy (non-hydrogen) atoms. The lowest BCUT2D eigenvalue weighted by Gasteiger charge is -2.14. The zero-order chi connectivity index (χ0) is 13.1. The van der Waals surface area contributed by atoms with Crippen LogP contribution in [0.15, 0.2) is 30.3 Å². The molecule has 0 bridgehead atoms. The van der Waals surface area contributed by atoms with E-state index in [1.807, 2.05) is 0 Å². The number of amides is 1. The molecule has 1 amide bonds. The van der Waals surface area contributed by atoms with Crippen LogP contribution in [0.5, 0.6) is 0 Å². The molecule has 0 atom stereocenters. The van der Waals surface area contributed by atoms with E-state index >= 15 is 0 Å². The molecule has 0 saturated heterocycles. The van der Waals surface area contributed by atoms with Crippen molar-refractivity contribution in [2.45, 2.75) is 6.92 Å². The number of fused-ring (bicyclic) bond motifs is 1. The van der Waals surface area contributed by atoms with Crippen molar-refractivity contribution < 1.29 is 19.2 Å². The first kappa shape index (κ1) is 12.3. The lowest BCUT2D eigenvalue weighted by molar-refractivity contribution is -0.137. The van der Waals surface area contributed by atoms with E-state index in [2.05, 4.69) is 0 Å². The van der Waals surface area contributed by atoms with E-state index in [4.69, 9.17) is 9.57 Å². The maximum Gasteiger partial charge on any atom is 0.332 e. The Morgan fingerprint density at radius 1 is 1.33 bits per heavy atom. The summed E-state index contributed by atoms with van der Waals surface area (Å²) in [5.41, 5.74) is 1.57. The van der Waals surface area contributed by atoms with Gasteiger partial charge < -0.3 is 4.74 Å². The molecular weight excluding hydrogens is 234 g/mol. The molecule has 0 spiro atoms. The fourth-order valence-electron chi connectivity index (χ4n) is 1.83. The number of rotatable bonds is 3. The molecule has 5 nitrogen and oxygen atoms in total. The van der Waals surface area contributed by atoms with Gasteiger partial charge in [0.1, 0.15) is 0 Å². The van der Waals surface area contributed by atoms with Crippen LogP contribution in [0.1, 0.15) is 22.8 Å². The van der Waals surface area contributed by atoms with Gasteiger partial charge in [0.15, 0.2) is 0 Å². The monoisotopic (exact) mass is 247 g/mol. The maximum atomic E-state index is 12.0. The van der Waals surface area contributed by atoms with Crippen LogP contribution < -0.4 is 0 Å². The summed E-state index contributed by atoms with van der Waals surface area (Å²) in [6.45, 7) is 2.00. The number of hydroxylamine groups is 2. The molecular formula is C13H13NO4. The smallest absolute Gasteiger partial charge is 0.332 e. The lowest BCUT2D eigenvalue weighted by atomic mass is 10.1. The fourth-order valence-corrected chi connectivity index (χ4v) is 1.83. The quantitative estimate of drug-likeness (QED) is 0.601. The molecule has 0 fully saturated rings. The van der Waals surface area contributed by atoms with Crippen LogP contribution in [0.2, 0.25) is 0 Å². The molecule has 1 aromatic rings. The number of esters is 1. The minimum absolute atomic E-state index is 0.283. The molecule has 1 aliphatic rings. The van der Waals surface area contributed by atoms with Crippen molar-refractivity contribution >= 4 is 17.6 Å². The normalized spacial score (nSPS) is 16.0. The van der Waals surface area contributed by atoms with Gasteiger partial charge in [-0.2, -0.15) is 5.06 Å². The Hall–Kier alpha value is -2.14. The third kappa shape index (κ3) is 2.00. The average molecular weight is 247 g/mol. The first-order valence-electron chi connectivity index (χ1n) is 5.55. The molecule has 0 aliphatic carbocycles. The van der Waals surface area contributed by atoms with Gasteiger partial charge in [-0.15, -0.1) is 0 Å². The van der Waals surface area contributed by atoms with Crippen LogP contribution in [0.3, 0.4) is 0 Å². The minimum atomic E-state index is -0.501. The van der Waals surface area contributed by atoms with Crippen LogP contribution in [0.25, 0.3) is 5.70 Å². The van der Waals surface area contributed by atoms with Crippen molar-refractivity contribution in [3.8, 4) is 0 Å². The van der Waals surface area contributed by atoms with E-state index in [1.54, 1.807) is 31.2 Å². The van der Waals surface area contributed by atoms with Gasteiger partial charge in [0.25, 0.3) is 5.91 Å². The lowest BCUT2D eigenvalue weighted by Crippen LogP contribution is -2.22. The minimum Gasteiger partial charge on any atom is -0.463 e. The molecule has 0 unspecified atom stereocenters. The van der Waals surface area contributed by atoms with Crippen LogP contribution >= 0.6 is 0 Å². The standard InChI is InChI=1S/C13H13NO4/c1-3-18-12(15)8-11-9-6-4-5-7-10(9)13(16)14(11)17-2/h4-8H,3H2,1-2H3/b11-8+. The summed E-state index contributed by atoms with van der Waals surface area (Å²) in [7, 11) is 1.38. The Morgan fingerprint density at radius 3 is 2.61 bits per heavy atom. The van der Waals surface area contributed by atoms with Gasteiger partial charge in [0, 0.05) is 5.56 Å². The van der Waals surface area contributed by atoms with Gasteiger partial charge in [-0.3, -0.25) is 9.63 Å². The maximum absolute atomic E-state index is 12.0. The summed E-state index contributed by atoms with van der Waals surface area (Å²) in [5, 5.41) is 1.08. The Morgan fingerprint density at radius 2 is 2.00 bits per heavy atom. The highest BCUT2D eigenvalue weighted by Gasteiger charge is 2.33. The molecule has 94 valence electrons. The number of ether oxygens (including phenoxy) is 1. The number of benzene rings is 1. The van der Waals surface area contributed by atoms with Crippen LogP contribution in [-0.2, 0) is 14.4 Å². The third-order valence-electron chi connectivity index (χ3n) is 2.56. The molecule has 1 aliphatic heterocycles. The Kier molecular flexibility index (Phi) is 3.43. The first-order valence-corrected chi connectivity index (χ1v) is 5.55. The van der Waals surface area contributed by atoms with Crippen molar-refractivity contribution in [2.75, 3.05) is 13.7 Å². The fraction of sp³-hybridized carbons (Fsp3) is 0.231.